The first-order valence-corrected chi connectivity index (χ1v) is 10.0. The SMILES string of the molecule is CC.CC.CCn1cc(Cc2cn(C)nc2-c2ccc(F)cc2CO)c(Cl)n1. The number of aryl methyl sites for hydroxylation is 2. The van der Waals surface area contributed by atoms with Gasteiger partial charge in [-0.3, -0.25) is 9.36 Å². The van der Waals surface area contributed by atoms with E-state index in [1.54, 1.807) is 15.4 Å². The van der Waals surface area contributed by atoms with Crippen molar-refractivity contribution in [2.24, 2.45) is 7.05 Å². The van der Waals surface area contributed by atoms with Gasteiger partial charge in [-0.2, -0.15) is 10.2 Å². The van der Waals surface area contributed by atoms with Crippen LogP contribution in [0.5, 0.6) is 0 Å². The van der Waals surface area contributed by atoms with E-state index in [0.717, 1.165) is 17.7 Å². The van der Waals surface area contributed by atoms with Crippen molar-refractivity contribution in [2.75, 3.05) is 0 Å². The highest BCUT2D eigenvalue weighted by Gasteiger charge is 2.17. The fourth-order valence-corrected chi connectivity index (χ4v) is 2.96. The van der Waals surface area contributed by atoms with E-state index in [1.807, 2.05) is 54.1 Å². The van der Waals surface area contributed by atoms with Gasteiger partial charge in [-0.15, -0.1) is 0 Å². The minimum Gasteiger partial charge on any atom is -0.392 e. The highest BCUT2D eigenvalue weighted by atomic mass is 35.5. The van der Waals surface area contributed by atoms with Crippen LogP contribution in [-0.2, 0) is 26.6 Å². The molecular formula is C21H30ClFN4O. The van der Waals surface area contributed by atoms with Crippen LogP contribution in [0, 0.1) is 5.82 Å². The Kier molecular flexibility index (Phi) is 9.90. The summed E-state index contributed by atoms with van der Waals surface area (Å²) in [5.74, 6) is -0.382. The molecule has 0 spiro atoms. The zero-order valence-electron chi connectivity index (χ0n) is 17.5. The monoisotopic (exact) mass is 408 g/mol. The van der Waals surface area contributed by atoms with Crippen LogP contribution in [0.1, 0.15) is 51.3 Å². The topological polar surface area (TPSA) is 55.9 Å². The average Bonchev–Trinajstić information content (AvgIpc) is 3.27. The van der Waals surface area contributed by atoms with E-state index in [0.29, 0.717) is 28.4 Å². The van der Waals surface area contributed by atoms with Crippen LogP contribution in [0.25, 0.3) is 11.3 Å². The van der Waals surface area contributed by atoms with Crippen molar-refractivity contribution in [1.82, 2.24) is 19.6 Å². The second-order valence-corrected chi connectivity index (χ2v) is 5.97. The van der Waals surface area contributed by atoms with Gasteiger partial charge in [0.1, 0.15) is 5.82 Å². The lowest BCUT2D eigenvalue weighted by molar-refractivity contribution is 0.281. The summed E-state index contributed by atoms with van der Waals surface area (Å²) in [6.07, 6.45) is 4.38. The van der Waals surface area contributed by atoms with E-state index in [4.69, 9.17) is 11.6 Å². The van der Waals surface area contributed by atoms with Gasteiger partial charge in [-0.1, -0.05) is 39.3 Å². The largest absolute Gasteiger partial charge is 0.392 e. The molecule has 3 aromatic rings. The first kappa shape index (κ1) is 23.9. The molecular weight excluding hydrogens is 379 g/mol. The highest BCUT2D eigenvalue weighted by molar-refractivity contribution is 6.30. The molecule has 0 aliphatic carbocycles. The van der Waals surface area contributed by atoms with Crippen LogP contribution in [0.15, 0.2) is 30.6 Å². The van der Waals surface area contributed by atoms with Crippen molar-refractivity contribution < 1.29 is 9.50 Å². The molecule has 0 aliphatic heterocycles. The standard InChI is InChI=1S/C17H18ClFN4O.2C2H6/c1-3-23-9-12(17(18)21-23)6-11-8-22(2)20-16(11)15-5-4-14(19)7-13(15)10-24;2*1-2/h4-5,7-9,24H,3,6,10H2,1-2H3;2*1-2H3. The maximum Gasteiger partial charge on any atom is 0.154 e. The number of hydrogen-bond acceptors (Lipinski definition) is 3. The third kappa shape index (κ3) is 5.66. The number of aliphatic hydroxyl groups is 1. The number of hydrogen-bond donors (Lipinski definition) is 1. The van der Waals surface area contributed by atoms with Crippen molar-refractivity contribution in [3.63, 3.8) is 0 Å². The van der Waals surface area contributed by atoms with Crippen molar-refractivity contribution >= 4 is 11.6 Å². The second-order valence-electron chi connectivity index (χ2n) is 5.61. The number of aliphatic hydroxyl groups excluding tert-OH is 1. The molecule has 1 aromatic carbocycles. The highest BCUT2D eigenvalue weighted by Crippen LogP contribution is 2.29. The van der Waals surface area contributed by atoms with Crippen molar-refractivity contribution in [1.29, 1.82) is 0 Å². The van der Waals surface area contributed by atoms with E-state index in [-0.39, 0.29) is 12.4 Å². The van der Waals surface area contributed by atoms with Crippen LogP contribution in [0.4, 0.5) is 4.39 Å². The maximum atomic E-state index is 13.4. The zero-order valence-corrected chi connectivity index (χ0v) is 18.3. The van der Waals surface area contributed by atoms with Gasteiger partial charge in [0.05, 0.1) is 12.3 Å². The van der Waals surface area contributed by atoms with Gasteiger partial charge in [-0.25, -0.2) is 4.39 Å². The van der Waals surface area contributed by atoms with Crippen LogP contribution in [0.2, 0.25) is 5.15 Å². The van der Waals surface area contributed by atoms with E-state index >= 15 is 0 Å². The van der Waals surface area contributed by atoms with Crippen molar-refractivity contribution in [2.45, 2.75) is 54.2 Å². The summed E-state index contributed by atoms with van der Waals surface area (Å²) in [7, 11) is 1.83. The molecule has 0 unspecified atom stereocenters. The van der Waals surface area contributed by atoms with Gasteiger partial charge in [-0.05, 0) is 30.7 Å². The van der Waals surface area contributed by atoms with E-state index in [2.05, 4.69) is 10.2 Å². The average molecular weight is 409 g/mol. The molecule has 0 atom stereocenters. The molecule has 154 valence electrons. The number of rotatable bonds is 5. The Labute approximate surface area is 171 Å². The first-order valence-electron chi connectivity index (χ1n) is 9.65. The Bertz CT molecular complexity index is 873. The molecule has 28 heavy (non-hydrogen) atoms. The van der Waals surface area contributed by atoms with E-state index in [9.17, 15) is 9.50 Å². The normalized spacial score (nSPS) is 10.0. The van der Waals surface area contributed by atoms with Crippen LogP contribution in [0.3, 0.4) is 0 Å². The summed E-state index contributed by atoms with van der Waals surface area (Å²) in [5, 5.41) is 18.7. The lowest BCUT2D eigenvalue weighted by atomic mass is 9.99. The summed E-state index contributed by atoms with van der Waals surface area (Å²) >= 11 is 6.21. The molecule has 5 nitrogen and oxygen atoms in total. The molecule has 1 N–H and O–H groups in total. The third-order valence-corrected chi connectivity index (χ3v) is 4.21. The Hall–Kier alpha value is -2.18. The molecule has 0 radical (unpaired) electrons. The van der Waals surface area contributed by atoms with Crippen molar-refractivity contribution in [3.05, 3.63) is 58.3 Å². The smallest absolute Gasteiger partial charge is 0.154 e. The van der Waals surface area contributed by atoms with Crippen LogP contribution < -0.4 is 0 Å². The molecule has 0 amide bonds. The number of benzene rings is 1. The molecule has 2 heterocycles. The molecule has 0 fully saturated rings. The number of aromatic nitrogens is 4. The molecule has 3 rings (SSSR count). The Morgan fingerprint density at radius 1 is 1.04 bits per heavy atom. The molecule has 7 heteroatoms. The second kappa shape index (κ2) is 11.6. The zero-order chi connectivity index (χ0) is 21.3. The maximum absolute atomic E-state index is 13.4. The minimum absolute atomic E-state index is 0.252. The van der Waals surface area contributed by atoms with Gasteiger partial charge in [0.25, 0.3) is 0 Å². The lowest BCUT2D eigenvalue weighted by Crippen LogP contribution is -1.96. The number of halogens is 2. The fourth-order valence-electron chi connectivity index (χ4n) is 2.74. The number of nitrogens with zero attached hydrogens (tertiary/aromatic N) is 4. The predicted molar refractivity (Wildman–Crippen MR) is 113 cm³/mol. The Morgan fingerprint density at radius 3 is 2.29 bits per heavy atom. The lowest BCUT2D eigenvalue weighted by Gasteiger charge is -2.07. The Balaban J connectivity index is 0.000000921. The van der Waals surface area contributed by atoms with Crippen LogP contribution in [-0.4, -0.2) is 24.7 Å². The van der Waals surface area contributed by atoms with Gasteiger partial charge >= 0.3 is 0 Å². The molecule has 0 saturated heterocycles. The van der Waals surface area contributed by atoms with Crippen molar-refractivity contribution in [3.8, 4) is 11.3 Å². The summed E-state index contributed by atoms with van der Waals surface area (Å²) in [4.78, 5) is 0. The van der Waals surface area contributed by atoms with Gasteiger partial charge in [0, 0.05) is 49.1 Å². The molecule has 2 aromatic heterocycles. The fraction of sp³-hybridized carbons (Fsp3) is 0.429. The third-order valence-electron chi connectivity index (χ3n) is 3.89. The quantitative estimate of drug-likeness (QED) is 0.628. The minimum atomic E-state index is -0.382. The first-order chi connectivity index (χ1) is 13.5. The summed E-state index contributed by atoms with van der Waals surface area (Å²) in [6, 6.07) is 4.34. The predicted octanol–water partition coefficient (Wildman–Crippen LogP) is 5.23. The molecule has 0 aliphatic rings. The summed E-state index contributed by atoms with van der Waals surface area (Å²) in [5.41, 5.74) is 3.78. The summed E-state index contributed by atoms with van der Waals surface area (Å²) < 4.78 is 16.9. The van der Waals surface area contributed by atoms with Gasteiger partial charge < -0.3 is 5.11 Å². The van der Waals surface area contributed by atoms with Gasteiger partial charge in [0.15, 0.2) is 5.15 Å². The molecule has 0 bridgehead atoms. The Morgan fingerprint density at radius 2 is 1.71 bits per heavy atom. The molecule has 0 saturated carbocycles. The van der Waals surface area contributed by atoms with Crippen LogP contribution >= 0.6 is 11.6 Å². The van der Waals surface area contributed by atoms with Gasteiger partial charge in [0.2, 0.25) is 0 Å². The van der Waals surface area contributed by atoms with E-state index in [1.165, 1.54) is 12.1 Å². The summed E-state index contributed by atoms with van der Waals surface area (Å²) in [6.45, 7) is 10.5. The van der Waals surface area contributed by atoms with E-state index < -0.39 is 0 Å².